The highest BCUT2D eigenvalue weighted by molar-refractivity contribution is 7.93. The molecule has 7 aromatic rings. The normalized spacial score (nSPS) is 18.8. The minimum atomic E-state index is -3.73. The third kappa shape index (κ3) is 8.44. The van der Waals surface area contributed by atoms with Gasteiger partial charge in [0, 0.05) is 80.7 Å². The lowest BCUT2D eigenvalue weighted by atomic mass is 9.86. The van der Waals surface area contributed by atoms with Crippen LogP contribution in [0.1, 0.15) is 42.3 Å². The fourth-order valence-electron chi connectivity index (χ4n) is 8.46. The number of hydrogen-bond acceptors (Lipinski definition) is 10. The fraction of sp³-hybridized carbons (Fsp3) is 0.209. The third-order valence-corrected chi connectivity index (χ3v) is 16.2. The van der Waals surface area contributed by atoms with Crippen molar-refractivity contribution in [3.05, 3.63) is 142 Å². The number of benzene rings is 4. The summed E-state index contributed by atoms with van der Waals surface area (Å²) in [7, 11) is -7.45. The van der Waals surface area contributed by atoms with Gasteiger partial charge >= 0.3 is 0 Å². The molecule has 19 heteroatoms. The number of carbonyl (C=O) groups is 2. The predicted octanol–water partition coefficient (Wildman–Crippen LogP) is 9.21. The van der Waals surface area contributed by atoms with E-state index in [1.807, 2.05) is 47.2 Å². The fourth-order valence-corrected chi connectivity index (χ4v) is 12.4. The molecule has 5 heterocycles. The molecule has 4 aromatic carbocycles. The molecule has 3 atom stereocenters. The Morgan fingerprint density at radius 1 is 0.629 bits per heavy atom. The molecule has 62 heavy (non-hydrogen) atoms. The number of aromatic nitrogens is 3. The van der Waals surface area contributed by atoms with Crippen molar-refractivity contribution < 1.29 is 26.4 Å². The summed E-state index contributed by atoms with van der Waals surface area (Å²) in [4.78, 5) is 38.0. The molecular weight excluding hydrogens is 910 g/mol. The van der Waals surface area contributed by atoms with Crippen molar-refractivity contribution in [2.24, 2.45) is 5.92 Å². The number of amides is 2. The van der Waals surface area contributed by atoms with Crippen molar-refractivity contribution in [3.63, 3.8) is 0 Å². The zero-order valence-corrected chi connectivity index (χ0v) is 37.4. The largest absolute Gasteiger partial charge is 0.335 e. The second-order valence-electron chi connectivity index (χ2n) is 15.0. The number of rotatable bonds is 10. The second-order valence-corrected chi connectivity index (χ2v) is 21.0. The predicted molar refractivity (Wildman–Crippen MR) is 245 cm³/mol. The summed E-state index contributed by atoms with van der Waals surface area (Å²) in [5.41, 5.74) is 4.82. The van der Waals surface area contributed by atoms with Gasteiger partial charge < -0.3 is 14.4 Å². The van der Waals surface area contributed by atoms with Crippen molar-refractivity contribution in [2.45, 2.75) is 47.4 Å². The van der Waals surface area contributed by atoms with E-state index in [1.54, 1.807) is 51.0 Å². The van der Waals surface area contributed by atoms with E-state index < -0.39 is 20.0 Å². The number of nitrogens with zero attached hydrogens (tertiary/aromatic N) is 5. The van der Waals surface area contributed by atoms with Crippen molar-refractivity contribution in [2.75, 3.05) is 32.3 Å². The van der Waals surface area contributed by atoms with Gasteiger partial charge in [0.25, 0.3) is 20.0 Å². The molecule has 0 bridgehead atoms. The summed E-state index contributed by atoms with van der Waals surface area (Å²) in [6, 6.07) is 26.0. The van der Waals surface area contributed by atoms with Gasteiger partial charge in [0.05, 0.1) is 9.79 Å². The van der Waals surface area contributed by atoms with Gasteiger partial charge in [0.1, 0.15) is 6.04 Å². The molecule has 13 nitrogen and oxygen atoms in total. The van der Waals surface area contributed by atoms with Crippen molar-refractivity contribution >= 4 is 110 Å². The van der Waals surface area contributed by atoms with Crippen LogP contribution in [0.5, 0.6) is 0 Å². The number of sulfonamides is 2. The molecule has 0 radical (unpaired) electrons. The molecule has 2 saturated heterocycles. The number of carbonyl (C=O) groups excluding carboxylic acids is 2. The summed E-state index contributed by atoms with van der Waals surface area (Å²) in [6.45, 7) is 1.19. The molecule has 1 aliphatic carbocycles. The monoisotopic (exact) mass is 945 g/mol. The van der Waals surface area contributed by atoms with Gasteiger partial charge in [-0.1, -0.05) is 29.3 Å². The van der Waals surface area contributed by atoms with Gasteiger partial charge in [-0.25, -0.2) is 26.8 Å². The number of nitrogens with one attached hydrogen (secondary N) is 2. The Bertz CT molecular complexity index is 3000. The van der Waals surface area contributed by atoms with E-state index in [2.05, 4.69) is 25.5 Å². The Kier molecular flexibility index (Phi) is 11.6. The molecule has 2 fully saturated rings. The first-order valence-electron chi connectivity index (χ1n) is 19.6. The summed E-state index contributed by atoms with van der Waals surface area (Å²) in [5, 5.41) is 6.40. The second kappa shape index (κ2) is 17.1. The van der Waals surface area contributed by atoms with Crippen LogP contribution < -0.4 is 19.2 Å². The molecule has 2 aliphatic heterocycles. The van der Waals surface area contributed by atoms with E-state index in [-0.39, 0.29) is 39.5 Å². The van der Waals surface area contributed by atoms with E-state index in [9.17, 15) is 26.4 Å². The highest BCUT2D eigenvalue weighted by Gasteiger charge is 2.41. The Labute approximate surface area is 376 Å². The van der Waals surface area contributed by atoms with Crippen molar-refractivity contribution in [1.29, 1.82) is 0 Å². The maximum absolute atomic E-state index is 13.2. The topological polar surface area (TPSA) is 164 Å². The van der Waals surface area contributed by atoms with E-state index in [0.717, 1.165) is 40.9 Å². The highest BCUT2D eigenvalue weighted by Crippen LogP contribution is 2.44. The van der Waals surface area contributed by atoms with Crippen LogP contribution in [0.3, 0.4) is 0 Å². The molecule has 0 saturated carbocycles. The third-order valence-electron chi connectivity index (χ3n) is 11.4. The van der Waals surface area contributed by atoms with Crippen LogP contribution in [0.4, 0.5) is 21.6 Å². The van der Waals surface area contributed by atoms with Gasteiger partial charge in [-0.05, 0) is 128 Å². The molecule has 10 rings (SSSR count). The number of halogens is 2. The first-order valence-corrected chi connectivity index (χ1v) is 25.0. The Morgan fingerprint density at radius 2 is 1.19 bits per heavy atom. The van der Waals surface area contributed by atoms with Crippen LogP contribution in [-0.2, 0) is 36.1 Å². The number of hydrogen-bond donors (Lipinski definition) is 2. The van der Waals surface area contributed by atoms with E-state index in [0.29, 0.717) is 40.5 Å². The lowest BCUT2D eigenvalue weighted by Gasteiger charge is -2.21. The summed E-state index contributed by atoms with van der Waals surface area (Å²) >= 11 is 14.6. The summed E-state index contributed by atoms with van der Waals surface area (Å²) in [5.74, 6) is 0.234. The summed E-state index contributed by atoms with van der Waals surface area (Å²) in [6.07, 6.45) is 8.34. The van der Waals surface area contributed by atoms with Crippen molar-refractivity contribution in [3.8, 4) is 0 Å². The molecule has 1 unspecified atom stereocenters. The average Bonchev–Trinajstić information content (AvgIpc) is 4.13. The van der Waals surface area contributed by atoms with Crippen LogP contribution in [0, 0.1) is 5.92 Å². The molecule has 3 aromatic heterocycles. The van der Waals surface area contributed by atoms with Crippen LogP contribution >= 0.6 is 45.9 Å². The number of fused-ring (bicyclic) bond motifs is 2. The lowest BCUT2D eigenvalue weighted by molar-refractivity contribution is -0.121. The Morgan fingerprint density at radius 3 is 1.79 bits per heavy atom. The van der Waals surface area contributed by atoms with Crippen LogP contribution in [0.15, 0.2) is 130 Å². The first-order chi connectivity index (χ1) is 29.8. The Hall–Kier alpha value is -5.30. The number of aryl methyl sites for hydroxylation is 1. The average molecular weight is 947 g/mol. The SMILES string of the molecule is O=C1[C@@H](C2CCc3cc(Cl)ccc32)CCN1c1ccc(S(=O)(=O)Nc2nccs2)cc1.O=C1[C@@H](n2ccc3cc(Cl)ccc32)CCN1c1ccc(S(=O)(=O)Nc2nccs2)cc1. The standard InChI is InChI=1S/C22H20ClN3O3S2.C21H17ClN4O3S2/c23-15-2-8-18-14(13-15)1-7-19(18)20-9-11-26(21(20)27)16-3-5-17(6-4-16)31(28,29)25-22-24-10-12-30-22;22-15-1-6-18-14(13-15)7-10-26(18)19-8-11-25(20(19)27)16-2-4-17(5-3-16)31(28,29)24-21-23-9-12-30-21/h2-6,8,10,12-13,19-20H,1,7,9,11H2,(H,24,25);1-7,9-10,12-13,19H,8,11H2,(H,23,24)/t19?,20-;19-/m10/s1. The van der Waals surface area contributed by atoms with Gasteiger partial charge in [-0.15, -0.1) is 22.7 Å². The van der Waals surface area contributed by atoms with Gasteiger partial charge in [-0.3, -0.25) is 19.0 Å². The van der Waals surface area contributed by atoms with Crippen LogP contribution in [0.2, 0.25) is 10.0 Å². The maximum Gasteiger partial charge on any atom is 0.263 e. The maximum atomic E-state index is 13.2. The summed E-state index contributed by atoms with van der Waals surface area (Å²) < 4.78 is 57.0. The molecule has 318 valence electrons. The highest BCUT2D eigenvalue weighted by atomic mass is 35.5. The molecular formula is C43H37Cl2N7O6S4. The minimum Gasteiger partial charge on any atom is -0.335 e. The van der Waals surface area contributed by atoms with E-state index in [4.69, 9.17) is 23.2 Å². The smallest absolute Gasteiger partial charge is 0.263 e. The minimum absolute atomic E-state index is 0.0241. The number of anilines is 4. The Balaban J connectivity index is 0.000000158. The van der Waals surface area contributed by atoms with Gasteiger partial charge in [0.2, 0.25) is 11.8 Å². The molecule has 2 N–H and O–H groups in total. The van der Waals surface area contributed by atoms with Gasteiger partial charge in [-0.2, -0.15) is 0 Å². The van der Waals surface area contributed by atoms with Crippen LogP contribution in [0.25, 0.3) is 10.9 Å². The molecule has 0 spiro atoms. The van der Waals surface area contributed by atoms with E-state index >= 15 is 0 Å². The van der Waals surface area contributed by atoms with Crippen molar-refractivity contribution in [1.82, 2.24) is 14.5 Å². The van der Waals surface area contributed by atoms with Gasteiger partial charge in [0.15, 0.2) is 10.3 Å². The first kappa shape index (κ1) is 42.0. The zero-order valence-electron chi connectivity index (χ0n) is 32.6. The zero-order chi connectivity index (χ0) is 43.2. The van der Waals surface area contributed by atoms with E-state index in [1.165, 1.54) is 64.3 Å². The molecule has 3 aliphatic rings. The quantitative estimate of drug-likeness (QED) is 0.137. The van der Waals surface area contributed by atoms with Crippen LogP contribution in [-0.4, -0.2) is 56.3 Å². The number of thiazole rings is 2. The molecule has 2 amide bonds. The lowest BCUT2D eigenvalue weighted by Crippen LogP contribution is -2.29.